The summed E-state index contributed by atoms with van der Waals surface area (Å²) in [6.07, 6.45) is 2.52. The predicted octanol–water partition coefficient (Wildman–Crippen LogP) is 4.79. The molecule has 4 rings (SSSR count). The highest BCUT2D eigenvalue weighted by molar-refractivity contribution is 6.03. The number of aryl methyl sites for hydroxylation is 1. The van der Waals surface area contributed by atoms with Gasteiger partial charge in [0.1, 0.15) is 11.6 Å². The summed E-state index contributed by atoms with van der Waals surface area (Å²) in [6.45, 7) is 10.1. The van der Waals surface area contributed by atoms with Gasteiger partial charge in [0.2, 0.25) is 0 Å². The number of benzene rings is 1. The van der Waals surface area contributed by atoms with Gasteiger partial charge in [0, 0.05) is 30.5 Å². The zero-order valence-corrected chi connectivity index (χ0v) is 19.6. The Morgan fingerprint density at radius 3 is 2.73 bits per heavy atom. The van der Waals surface area contributed by atoms with Crippen molar-refractivity contribution in [3.63, 3.8) is 0 Å². The summed E-state index contributed by atoms with van der Waals surface area (Å²) in [5.41, 5.74) is 3.75. The van der Waals surface area contributed by atoms with Crippen LogP contribution in [-0.4, -0.2) is 35.1 Å². The highest BCUT2D eigenvalue weighted by atomic mass is 16.5. The molecule has 3 aromatic rings. The molecule has 1 amide bonds. The molecule has 0 atom stereocenters. The third-order valence-corrected chi connectivity index (χ3v) is 5.43. The fourth-order valence-electron chi connectivity index (χ4n) is 3.94. The number of ether oxygens (including phenoxy) is 2. The van der Waals surface area contributed by atoms with Crippen LogP contribution in [0.2, 0.25) is 0 Å². The Morgan fingerprint density at radius 1 is 1.18 bits per heavy atom. The number of aromatic nitrogens is 2. The predicted molar refractivity (Wildman–Crippen MR) is 129 cm³/mol. The van der Waals surface area contributed by atoms with Gasteiger partial charge in [0.25, 0.3) is 5.91 Å². The molecular formula is C26H30N4O3. The van der Waals surface area contributed by atoms with Crippen LogP contribution in [0.25, 0.3) is 0 Å². The van der Waals surface area contributed by atoms with Gasteiger partial charge in [-0.2, -0.15) is 0 Å². The average molecular weight is 447 g/mol. The quantitative estimate of drug-likeness (QED) is 0.563. The van der Waals surface area contributed by atoms with Crippen molar-refractivity contribution in [1.82, 2.24) is 9.97 Å². The smallest absolute Gasteiger partial charge is 0.258 e. The van der Waals surface area contributed by atoms with E-state index in [9.17, 15) is 4.79 Å². The highest BCUT2D eigenvalue weighted by Crippen LogP contribution is 2.38. The van der Waals surface area contributed by atoms with Crippen LogP contribution in [-0.2, 0) is 13.0 Å². The largest absolute Gasteiger partial charge is 0.490 e. The Hall–Kier alpha value is -3.61. The van der Waals surface area contributed by atoms with Crippen molar-refractivity contribution in [2.45, 2.75) is 46.8 Å². The number of hydrogen-bond acceptors (Lipinski definition) is 6. The fourth-order valence-corrected chi connectivity index (χ4v) is 3.94. The lowest BCUT2D eigenvalue weighted by Gasteiger charge is -2.32. The second kappa shape index (κ2) is 9.90. The summed E-state index contributed by atoms with van der Waals surface area (Å²) < 4.78 is 11.9. The summed E-state index contributed by atoms with van der Waals surface area (Å²) in [5.74, 6) is 2.80. The molecule has 0 saturated heterocycles. The molecule has 0 fully saturated rings. The third-order valence-electron chi connectivity index (χ3n) is 5.43. The molecule has 1 N–H and O–H groups in total. The van der Waals surface area contributed by atoms with Gasteiger partial charge in [0.05, 0.1) is 18.3 Å². The Bertz CT molecular complexity index is 1130. The van der Waals surface area contributed by atoms with E-state index >= 15 is 0 Å². The maximum absolute atomic E-state index is 12.6. The number of fused-ring (bicyclic) bond motifs is 1. The third kappa shape index (κ3) is 5.25. The number of carbonyl (C=O) groups excluding carboxylic acids is 1. The van der Waals surface area contributed by atoms with Crippen LogP contribution < -0.4 is 19.7 Å². The molecule has 0 aliphatic carbocycles. The Balaban J connectivity index is 1.49. The summed E-state index contributed by atoms with van der Waals surface area (Å²) in [6, 6.07) is 13.3. The van der Waals surface area contributed by atoms with Crippen molar-refractivity contribution in [2.75, 3.05) is 23.4 Å². The molecule has 0 radical (unpaired) electrons. The summed E-state index contributed by atoms with van der Waals surface area (Å²) in [7, 11) is 0. The van der Waals surface area contributed by atoms with Crippen molar-refractivity contribution in [1.29, 1.82) is 0 Å². The molecule has 0 bridgehead atoms. The standard InChI is InChI=1S/C26H30N4O3/c1-5-32-22-11-9-20-16-30(14-13-21(20)25(22)33-17(2)3)24-12-10-19(15-27-24)26(31)29-23-8-6-7-18(4)28-23/h6-12,15,17H,5,13-14,16H2,1-4H3,(H,28,29,31). The van der Waals surface area contributed by atoms with Crippen LogP contribution in [0.1, 0.15) is 48.0 Å². The van der Waals surface area contributed by atoms with E-state index in [1.807, 2.05) is 52.0 Å². The van der Waals surface area contributed by atoms with Gasteiger partial charge in [-0.15, -0.1) is 0 Å². The minimum atomic E-state index is -0.227. The summed E-state index contributed by atoms with van der Waals surface area (Å²) in [5, 5.41) is 2.82. The van der Waals surface area contributed by atoms with Crippen LogP contribution in [0, 0.1) is 6.92 Å². The number of rotatable bonds is 7. The lowest BCUT2D eigenvalue weighted by atomic mass is 9.98. The fraction of sp³-hybridized carbons (Fsp3) is 0.346. The second-order valence-corrected chi connectivity index (χ2v) is 8.33. The first-order chi connectivity index (χ1) is 15.9. The Labute approximate surface area is 194 Å². The van der Waals surface area contributed by atoms with Crippen molar-refractivity contribution < 1.29 is 14.3 Å². The van der Waals surface area contributed by atoms with Crippen LogP contribution in [0.3, 0.4) is 0 Å². The second-order valence-electron chi connectivity index (χ2n) is 8.33. The lowest BCUT2D eigenvalue weighted by molar-refractivity contribution is 0.102. The van der Waals surface area contributed by atoms with E-state index in [2.05, 4.69) is 26.3 Å². The molecule has 0 saturated carbocycles. The van der Waals surface area contributed by atoms with Gasteiger partial charge in [-0.25, -0.2) is 9.97 Å². The van der Waals surface area contributed by atoms with E-state index in [1.165, 1.54) is 11.1 Å². The van der Waals surface area contributed by atoms with Gasteiger partial charge < -0.3 is 19.7 Å². The first-order valence-electron chi connectivity index (χ1n) is 11.3. The van der Waals surface area contributed by atoms with E-state index in [1.54, 1.807) is 18.3 Å². The molecule has 0 spiro atoms. The zero-order chi connectivity index (χ0) is 23.4. The van der Waals surface area contributed by atoms with E-state index in [4.69, 9.17) is 9.47 Å². The number of anilines is 2. The molecule has 0 unspecified atom stereocenters. The maximum Gasteiger partial charge on any atom is 0.258 e. The van der Waals surface area contributed by atoms with Crippen LogP contribution in [0.15, 0.2) is 48.7 Å². The van der Waals surface area contributed by atoms with E-state index in [0.717, 1.165) is 42.5 Å². The van der Waals surface area contributed by atoms with Gasteiger partial charge >= 0.3 is 0 Å². The first kappa shape index (κ1) is 22.6. The SMILES string of the molecule is CCOc1ccc2c(c1OC(C)C)CCN(c1ccc(C(=O)Nc3cccc(C)n3)cn1)C2. The van der Waals surface area contributed by atoms with Crippen LogP contribution >= 0.6 is 0 Å². The molecule has 1 aliphatic heterocycles. The van der Waals surface area contributed by atoms with Gasteiger partial charge in [-0.3, -0.25) is 4.79 Å². The minimum absolute atomic E-state index is 0.0732. The number of pyridine rings is 2. The molecule has 1 aromatic carbocycles. The highest BCUT2D eigenvalue weighted by Gasteiger charge is 2.24. The van der Waals surface area contributed by atoms with Crippen LogP contribution in [0.5, 0.6) is 11.5 Å². The number of hydrogen-bond donors (Lipinski definition) is 1. The molecule has 2 aromatic heterocycles. The summed E-state index contributed by atoms with van der Waals surface area (Å²) in [4.78, 5) is 23.6. The molecule has 33 heavy (non-hydrogen) atoms. The normalized spacial score (nSPS) is 12.9. The van der Waals surface area contributed by atoms with Gasteiger partial charge in [-0.1, -0.05) is 12.1 Å². The van der Waals surface area contributed by atoms with E-state index in [0.29, 0.717) is 18.0 Å². The minimum Gasteiger partial charge on any atom is -0.490 e. The summed E-state index contributed by atoms with van der Waals surface area (Å²) >= 11 is 0. The molecule has 7 nitrogen and oxygen atoms in total. The molecular weight excluding hydrogens is 416 g/mol. The van der Waals surface area contributed by atoms with E-state index in [-0.39, 0.29) is 12.0 Å². The zero-order valence-electron chi connectivity index (χ0n) is 19.6. The van der Waals surface area contributed by atoms with Crippen LogP contribution in [0.4, 0.5) is 11.6 Å². The Kier molecular flexibility index (Phi) is 6.77. The molecule has 172 valence electrons. The topological polar surface area (TPSA) is 76.6 Å². The number of amides is 1. The maximum atomic E-state index is 12.6. The van der Waals surface area contributed by atoms with Gasteiger partial charge in [-0.05, 0) is 70.0 Å². The van der Waals surface area contributed by atoms with Crippen molar-refractivity contribution in [3.8, 4) is 11.5 Å². The molecule has 1 aliphatic rings. The Morgan fingerprint density at radius 2 is 2.03 bits per heavy atom. The van der Waals surface area contributed by atoms with Crippen molar-refractivity contribution in [3.05, 3.63) is 71.0 Å². The van der Waals surface area contributed by atoms with Gasteiger partial charge in [0.15, 0.2) is 11.5 Å². The van der Waals surface area contributed by atoms with Crippen molar-refractivity contribution in [2.24, 2.45) is 0 Å². The number of carbonyl (C=O) groups is 1. The monoisotopic (exact) mass is 446 g/mol. The first-order valence-corrected chi connectivity index (χ1v) is 11.3. The van der Waals surface area contributed by atoms with Crippen molar-refractivity contribution >= 4 is 17.5 Å². The molecule has 7 heteroatoms. The molecule has 3 heterocycles. The number of nitrogens with one attached hydrogen (secondary N) is 1. The average Bonchev–Trinajstić information content (AvgIpc) is 2.80. The lowest BCUT2D eigenvalue weighted by Crippen LogP contribution is -2.31. The number of nitrogens with zero attached hydrogens (tertiary/aromatic N) is 3. The van der Waals surface area contributed by atoms with E-state index < -0.39 is 0 Å².